The Balaban J connectivity index is 2.18. The molecule has 0 radical (unpaired) electrons. The van der Waals surface area contributed by atoms with Crippen LogP contribution in [0.3, 0.4) is 0 Å². The van der Waals surface area contributed by atoms with Gasteiger partial charge in [0.15, 0.2) is 0 Å². The summed E-state index contributed by atoms with van der Waals surface area (Å²) in [6.45, 7) is 2.10. The first-order valence-corrected chi connectivity index (χ1v) is 6.65. The van der Waals surface area contributed by atoms with E-state index in [0.717, 1.165) is 11.3 Å². The summed E-state index contributed by atoms with van der Waals surface area (Å²) in [5.41, 5.74) is 0.938. The van der Waals surface area contributed by atoms with Gasteiger partial charge in [-0.3, -0.25) is 14.5 Å². The van der Waals surface area contributed by atoms with Crippen molar-refractivity contribution in [3.8, 4) is 0 Å². The Morgan fingerprint density at radius 2 is 1.94 bits per heavy atom. The van der Waals surface area contributed by atoms with E-state index in [1.165, 1.54) is 9.80 Å². The zero-order valence-corrected chi connectivity index (χ0v) is 10.8. The van der Waals surface area contributed by atoms with Gasteiger partial charge in [0, 0.05) is 18.4 Å². The molecule has 1 aliphatic rings. The normalized spacial score (nSPS) is 20.1. The monoisotopic (exact) mass is 249 g/mol. The summed E-state index contributed by atoms with van der Waals surface area (Å²) < 4.78 is 0. The quantitative estimate of drug-likeness (QED) is 0.609. The summed E-state index contributed by atoms with van der Waals surface area (Å²) in [4.78, 5) is 25.7. The predicted octanol–water partition coefficient (Wildman–Crippen LogP) is 2.27. The number of carbonyl (C=O) groups is 2. The minimum absolute atomic E-state index is 0.0907. The lowest BCUT2D eigenvalue weighted by Crippen LogP contribution is -2.25. The molecule has 0 N–H and O–H groups in total. The number of carbonyl (C=O) groups excluding carboxylic acids is 2. The molecule has 1 aromatic carbocycles. The van der Waals surface area contributed by atoms with Crippen LogP contribution < -0.4 is 0 Å². The molecule has 1 saturated heterocycles. The molecular formula is C13H15NO2S. The van der Waals surface area contributed by atoms with Gasteiger partial charge in [-0.25, -0.2) is 0 Å². The van der Waals surface area contributed by atoms with Crippen molar-refractivity contribution in [1.29, 1.82) is 0 Å². The van der Waals surface area contributed by atoms with Gasteiger partial charge in [-0.2, -0.15) is 0 Å². The molecular weight excluding hydrogens is 234 g/mol. The van der Waals surface area contributed by atoms with Crippen LogP contribution >= 0.6 is 11.8 Å². The fourth-order valence-corrected chi connectivity index (χ4v) is 2.64. The van der Waals surface area contributed by atoms with Crippen LogP contribution in [0, 0.1) is 0 Å². The third kappa shape index (κ3) is 2.36. The van der Waals surface area contributed by atoms with Crippen LogP contribution in [-0.2, 0) is 9.59 Å². The fourth-order valence-electron chi connectivity index (χ4n) is 1.98. The van der Waals surface area contributed by atoms with Crippen LogP contribution in [0.15, 0.2) is 29.2 Å². The Morgan fingerprint density at radius 3 is 2.41 bits per heavy atom. The van der Waals surface area contributed by atoms with Crippen molar-refractivity contribution in [3.05, 3.63) is 29.8 Å². The molecule has 90 valence electrons. The van der Waals surface area contributed by atoms with Crippen LogP contribution in [0.4, 0.5) is 0 Å². The third-order valence-corrected chi connectivity index (χ3v) is 3.87. The van der Waals surface area contributed by atoms with Crippen molar-refractivity contribution < 1.29 is 9.59 Å². The number of likely N-dealkylation sites (N-methyl/N-ethyl adjacent to an activating group) is 1. The van der Waals surface area contributed by atoms with E-state index in [1.807, 2.05) is 24.3 Å². The maximum atomic E-state index is 11.8. The van der Waals surface area contributed by atoms with Gasteiger partial charge in [0.2, 0.25) is 11.8 Å². The highest BCUT2D eigenvalue weighted by atomic mass is 32.2. The van der Waals surface area contributed by atoms with Gasteiger partial charge >= 0.3 is 0 Å². The van der Waals surface area contributed by atoms with Crippen molar-refractivity contribution in [2.45, 2.75) is 24.2 Å². The lowest BCUT2D eigenvalue weighted by molar-refractivity contribution is -0.137. The minimum atomic E-state index is -0.284. The fraction of sp³-hybridized carbons (Fsp3) is 0.385. The maximum absolute atomic E-state index is 11.8. The smallest absolute Gasteiger partial charge is 0.236 e. The number of thioether (sulfide) groups is 1. The Bertz CT molecular complexity index is 441. The molecule has 0 unspecified atom stereocenters. The Hall–Kier alpha value is -1.29. The van der Waals surface area contributed by atoms with Gasteiger partial charge in [0.05, 0.1) is 5.92 Å². The Kier molecular flexibility index (Phi) is 3.52. The van der Waals surface area contributed by atoms with Gasteiger partial charge in [-0.05, 0) is 23.4 Å². The summed E-state index contributed by atoms with van der Waals surface area (Å²) in [6.07, 6.45) is 0.301. The second-order valence-electron chi connectivity index (χ2n) is 4.05. The van der Waals surface area contributed by atoms with Crippen LogP contribution in [0.25, 0.3) is 0 Å². The molecule has 3 nitrogen and oxygen atoms in total. The average Bonchev–Trinajstić information content (AvgIpc) is 2.59. The van der Waals surface area contributed by atoms with E-state index in [1.54, 1.807) is 18.8 Å². The molecule has 1 atom stereocenters. The summed E-state index contributed by atoms with van der Waals surface area (Å²) in [5, 5.41) is 0. The number of amides is 2. The lowest BCUT2D eigenvalue weighted by atomic mass is 9.98. The molecule has 1 heterocycles. The molecule has 0 spiro atoms. The molecule has 0 saturated carbocycles. The first kappa shape index (κ1) is 12.2. The highest BCUT2D eigenvalue weighted by Gasteiger charge is 2.36. The maximum Gasteiger partial charge on any atom is 0.236 e. The van der Waals surface area contributed by atoms with E-state index in [0.29, 0.717) is 6.42 Å². The number of rotatable bonds is 3. The van der Waals surface area contributed by atoms with Gasteiger partial charge in [0.1, 0.15) is 0 Å². The van der Waals surface area contributed by atoms with Crippen molar-refractivity contribution in [2.24, 2.45) is 0 Å². The first-order chi connectivity index (χ1) is 8.13. The molecule has 17 heavy (non-hydrogen) atoms. The van der Waals surface area contributed by atoms with E-state index in [9.17, 15) is 9.59 Å². The van der Waals surface area contributed by atoms with E-state index >= 15 is 0 Å². The van der Waals surface area contributed by atoms with Crippen LogP contribution in [0.2, 0.25) is 0 Å². The SMILES string of the molecule is CCSc1ccc([C@@H]2CC(=O)N(C)C2=O)cc1. The van der Waals surface area contributed by atoms with Gasteiger partial charge < -0.3 is 0 Å². The Labute approximate surface area is 105 Å². The minimum Gasteiger partial charge on any atom is -0.285 e. The predicted molar refractivity (Wildman–Crippen MR) is 68.0 cm³/mol. The van der Waals surface area contributed by atoms with E-state index < -0.39 is 0 Å². The topological polar surface area (TPSA) is 37.4 Å². The highest BCUT2D eigenvalue weighted by Crippen LogP contribution is 2.30. The highest BCUT2D eigenvalue weighted by molar-refractivity contribution is 7.99. The standard InChI is InChI=1S/C13H15NO2S/c1-3-17-10-6-4-9(5-7-10)11-8-12(15)14(2)13(11)16/h4-7,11H,3,8H2,1-2H3/t11-/m0/s1. The zero-order chi connectivity index (χ0) is 12.4. The summed E-state index contributed by atoms with van der Waals surface area (Å²) in [7, 11) is 1.55. The number of hydrogen-bond acceptors (Lipinski definition) is 3. The Morgan fingerprint density at radius 1 is 1.29 bits per heavy atom. The number of benzene rings is 1. The summed E-state index contributed by atoms with van der Waals surface area (Å²) >= 11 is 1.77. The molecule has 2 rings (SSSR count). The van der Waals surface area contributed by atoms with Crippen molar-refractivity contribution in [2.75, 3.05) is 12.8 Å². The van der Waals surface area contributed by atoms with Crippen molar-refractivity contribution in [1.82, 2.24) is 4.90 Å². The molecule has 2 amide bonds. The molecule has 0 bridgehead atoms. The third-order valence-electron chi connectivity index (χ3n) is 2.97. The van der Waals surface area contributed by atoms with Gasteiger partial charge in [-0.15, -0.1) is 11.8 Å². The molecule has 1 fully saturated rings. The van der Waals surface area contributed by atoms with Crippen LogP contribution in [-0.4, -0.2) is 29.5 Å². The average molecular weight is 249 g/mol. The summed E-state index contributed by atoms with van der Waals surface area (Å²) in [5.74, 6) is 0.564. The number of likely N-dealkylation sites (tertiary alicyclic amines) is 1. The van der Waals surface area contributed by atoms with E-state index in [4.69, 9.17) is 0 Å². The number of nitrogens with zero attached hydrogens (tertiary/aromatic N) is 1. The van der Waals surface area contributed by atoms with E-state index in [-0.39, 0.29) is 17.7 Å². The van der Waals surface area contributed by atoms with Gasteiger partial charge in [0.25, 0.3) is 0 Å². The number of hydrogen-bond donors (Lipinski definition) is 0. The van der Waals surface area contributed by atoms with Crippen LogP contribution in [0.1, 0.15) is 24.8 Å². The largest absolute Gasteiger partial charge is 0.285 e. The molecule has 1 aromatic rings. The van der Waals surface area contributed by atoms with Crippen molar-refractivity contribution in [3.63, 3.8) is 0 Å². The molecule has 0 aromatic heterocycles. The zero-order valence-electron chi connectivity index (χ0n) is 9.97. The molecule has 0 aliphatic carbocycles. The molecule has 1 aliphatic heterocycles. The second kappa shape index (κ2) is 4.92. The van der Waals surface area contributed by atoms with Gasteiger partial charge in [-0.1, -0.05) is 19.1 Å². The van der Waals surface area contributed by atoms with E-state index in [2.05, 4.69) is 6.92 Å². The second-order valence-corrected chi connectivity index (χ2v) is 5.39. The number of imide groups is 1. The van der Waals surface area contributed by atoms with Crippen molar-refractivity contribution >= 4 is 23.6 Å². The van der Waals surface area contributed by atoms with Crippen LogP contribution in [0.5, 0.6) is 0 Å². The first-order valence-electron chi connectivity index (χ1n) is 5.66. The molecule has 4 heteroatoms. The lowest BCUT2D eigenvalue weighted by Gasteiger charge is -2.09. The summed E-state index contributed by atoms with van der Waals surface area (Å²) in [6, 6.07) is 7.93.